The quantitative estimate of drug-likeness (QED) is 0.467. The average Bonchev–Trinajstić information content (AvgIpc) is 2.76. The van der Waals surface area contributed by atoms with Gasteiger partial charge in [-0.1, -0.05) is 0 Å². The van der Waals surface area contributed by atoms with E-state index >= 15 is 0 Å². The monoisotopic (exact) mass is 426 g/mol. The molecule has 2 amide bonds. The lowest BCUT2D eigenvalue weighted by molar-refractivity contribution is -0.128. The first kappa shape index (κ1) is 21.8. The Morgan fingerprint density at radius 1 is 1.10 bits per heavy atom. The van der Waals surface area contributed by atoms with Crippen LogP contribution in [0.25, 0.3) is 11.0 Å². The number of aliphatic hydroxyl groups is 1. The van der Waals surface area contributed by atoms with Gasteiger partial charge >= 0.3 is 5.63 Å². The van der Waals surface area contributed by atoms with E-state index in [2.05, 4.69) is 10.6 Å². The third-order valence-electron chi connectivity index (χ3n) is 4.48. The van der Waals surface area contributed by atoms with E-state index in [9.17, 15) is 19.5 Å². The molecule has 1 atom stereocenters. The van der Waals surface area contributed by atoms with Gasteiger partial charge in [0.15, 0.2) is 6.61 Å². The van der Waals surface area contributed by atoms with Crippen LogP contribution in [0.1, 0.15) is 5.56 Å². The average molecular weight is 426 g/mol. The Hall–Kier alpha value is -3.85. The zero-order chi connectivity index (χ0) is 22.4. The molecule has 1 unspecified atom stereocenters. The number of anilines is 1. The zero-order valence-electron chi connectivity index (χ0n) is 17.0. The number of amides is 2. The van der Waals surface area contributed by atoms with Crippen LogP contribution in [0.3, 0.4) is 0 Å². The molecular weight excluding hydrogens is 404 g/mol. The minimum absolute atomic E-state index is 0.319. The molecule has 0 spiro atoms. The molecule has 3 aromatic rings. The number of hydrogen-bond acceptors (Lipinski definition) is 7. The molecular formula is C22H22N2O7. The largest absolute Gasteiger partial charge is 0.497 e. The fraction of sp³-hybridized carbons (Fsp3) is 0.227. The van der Waals surface area contributed by atoms with Gasteiger partial charge in [-0.15, -0.1) is 0 Å². The Labute approximate surface area is 177 Å². The van der Waals surface area contributed by atoms with Crippen molar-refractivity contribution in [2.75, 3.05) is 25.6 Å². The van der Waals surface area contributed by atoms with Gasteiger partial charge in [-0.2, -0.15) is 0 Å². The molecule has 1 aromatic heterocycles. The summed E-state index contributed by atoms with van der Waals surface area (Å²) in [4.78, 5) is 36.0. The maximum Gasteiger partial charge on any atom is 0.336 e. The van der Waals surface area contributed by atoms with Crippen LogP contribution in [0.15, 0.2) is 57.7 Å². The molecule has 3 N–H and O–H groups in total. The predicted molar refractivity (Wildman–Crippen MR) is 113 cm³/mol. The summed E-state index contributed by atoms with van der Waals surface area (Å²) in [6.07, 6.45) is 0. The van der Waals surface area contributed by atoms with E-state index < -0.39 is 36.7 Å². The first-order valence-electron chi connectivity index (χ1n) is 9.42. The van der Waals surface area contributed by atoms with Gasteiger partial charge < -0.3 is 29.6 Å². The minimum Gasteiger partial charge on any atom is -0.497 e. The SMILES string of the molecule is COc1ccc(NC(=O)C(CO)NC(=O)COc2ccc3c(C)cc(=O)oc3c2)cc1. The smallest absolute Gasteiger partial charge is 0.336 e. The highest BCUT2D eigenvalue weighted by atomic mass is 16.5. The summed E-state index contributed by atoms with van der Waals surface area (Å²) in [5.74, 6) is -0.233. The Kier molecular flexibility index (Phi) is 6.88. The highest BCUT2D eigenvalue weighted by Crippen LogP contribution is 2.22. The maximum absolute atomic E-state index is 12.3. The maximum atomic E-state index is 12.3. The summed E-state index contributed by atoms with van der Waals surface area (Å²) in [5, 5.41) is 15.3. The van der Waals surface area contributed by atoms with Gasteiger partial charge in [0.25, 0.3) is 5.91 Å². The van der Waals surface area contributed by atoms with E-state index in [0.717, 1.165) is 10.9 Å². The lowest BCUT2D eigenvalue weighted by atomic mass is 10.1. The number of fused-ring (bicyclic) bond motifs is 1. The van der Waals surface area contributed by atoms with Gasteiger partial charge in [0.2, 0.25) is 5.91 Å². The molecule has 162 valence electrons. The van der Waals surface area contributed by atoms with Crippen LogP contribution in [0.4, 0.5) is 5.69 Å². The number of methoxy groups -OCH3 is 1. The number of aliphatic hydroxyl groups excluding tert-OH is 1. The number of nitrogens with one attached hydrogen (secondary N) is 2. The van der Waals surface area contributed by atoms with E-state index in [1.54, 1.807) is 43.3 Å². The van der Waals surface area contributed by atoms with Crippen LogP contribution >= 0.6 is 0 Å². The highest BCUT2D eigenvalue weighted by molar-refractivity contribution is 5.97. The molecule has 0 fully saturated rings. The fourth-order valence-electron chi connectivity index (χ4n) is 2.88. The summed E-state index contributed by atoms with van der Waals surface area (Å²) in [7, 11) is 1.53. The molecule has 0 radical (unpaired) electrons. The van der Waals surface area contributed by atoms with E-state index in [0.29, 0.717) is 22.8 Å². The molecule has 9 nitrogen and oxygen atoms in total. The van der Waals surface area contributed by atoms with Crippen LogP contribution in [0, 0.1) is 6.92 Å². The number of ether oxygens (including phenoxy) is 2. The molecule has 3 rings (SSSR count). The van der Waals surface area contributed by atoms with Crippen molar-refractivity contribution >= 4 is 28.5 Å². The molecule has 1 heterocycles. The second kappa shape index (κ2) is 9.77. The van der Waals surface area contributed by atoms with Crippen molar-refractivity contribution in [3.63, 3.8) is 0 Å². The van der Waals surface area contributed by atoms with Crippen molar-refractivity contribution in [3.05, 3.63) is 64.5 Å². The standard InChI is InChI=1S/C22H22N2O7/c1-13-9-21(27)31-19-10-16(7-8-17(13)19)30-12-20(26)24-18(11-25)22(28)23-14-3-5-15(29-2)6-4-14/h3-10,18,25H,11-12H2,1-2H3,(H,23,28)(H,24,26). The van der Waals surface area contributed by atoms with Crippen molar-refractivity contribution < 1.29 is 28.6 Å². The Morgan fingerprint density at radius 2 is 1.81 bits per heavy atom. The lowest BCUT2D eigenvalue weighted by Crippen LogP contribution is -2.47. The van der Waals surface area contributed by atoms with E-state index in [4.69, 9.17) is 13.9 Å². The first-order valence-corrected chi connectivity index (χ1v) is 9.42. The van der Waals surface area contributed by atoms with E-state index in [1.807, 2.05) is 0 Å². The number of carbonyl (C=O) groups excluding carboxylic acids is 2. The van der Waals surface area contributed by atoms with Gasteiger partial charge in [-0.25, -0.2) is 4.79 Å². The third-order valence-corrected chi connectivity index (χ3v) is 4.48. The summed E-state index contributed by atoms with van der Waals surface area (Å²) in [6, 6.07) is 11.7. The van der Waals surface area contributed by atoms with Crippen molar-refractivity contribution in [2.45, 2.75) is 13.0 Å². The number of aryl methyl sites for hydroxylation is 1. The predicted octanol–water partition coefficient (Wildman–Crippen LogP) is 1.60. The first-order chi connectivity index (χ1) is 14.9. The number of carbonyl (C=O) groups is 2. The van der Waals surface area contributed by atoms with Crippen LogP contribution in [0.5, 0.6) is 11.5 Å². The number of hydrogen-bond donors (Lipinski definition) is 3. The Balaban J connectivity index is 1.57. The summed E-state index contributed by atoms with van der Waals surface area (Å²) < 4.78 is 15.6. The molecule has 2 aromatic carbocycles. The van der Waals surface area contributed by atoms with Gasteiger partial charge in [0.1, 0.15) is 23.1 Å². The molecule has 0 aliphatic carbocycles. The van der Waals surface area contributed by atoms with Crippen molar-refractivity contribution in [2.24, 2.45) is 0 Å². The summed E-state index contributed by atoms with van der Waals surface area (Å²) in [5.41, 5.74) is 1.12. The van der Waals surface area contributed by atoms with Gasteiger partial charge in [-0.3, -0.25) is 9.59 Å². The molecule has 0 saturated carbocycles. The third kappa shape index (κ3) is 5.61. The number of benzene rings is 2. The lowest BCUT2D eigenvalue weighted by Gasteiger charge is -2.16. The molecule has 31 heavy (non-hydrogen) atoms. The van der Waals surface area contributed by atoms with Crippen molar-refractivity contribution in [3.8, 4) is 11.5 Å². The second-order valence-electron chi connectivity index (χ2n) is 6.72. The highest BCUT2D eigenvalue weighted by Gasteiger charge is 2.20. The Bertz CT molecular complexity index is 1140. The van der Waals surface area contributed by atoms with Crippen LogP contribution in [0.2, 0.25) is 0 Å². The van der Waals surface area contributed by atoms with Crippen LogP contribution in [-0.2, 0) is 9.59 Å². The van der Waals surface area contributed by atoms with Crippen LogP contribution < -0.4 is 25.7 Å². The molecule has 0 bridgehead atoms. The minimum atomic E-state index is -1.16. The van der Waals surface area contributed by atoms with Gasteiger partial charge in [-0.05, 0) is 48.9 Å². The summed E-state index contributed by atoms with van der Waals surface area (Å²) >= 11 is 0. The second-order valence-corrected chi connectivity index (χ2v) is 6.72. The number of rotatable bonds is 8. The molecule has 9 heteroatoms. The van der Waals surface area contributed by atoms with Gasteiger partial charge in [0, 0.05) is 23.2 Å². The van der Waals surface area contributed by atoms with Gasteiger partial charge in [0.05, 0.1) is 13.7 Å². The fourth-order valence-corrected chi connectivity index (χ4v) is 2.88. The van der Waals surface area contributed by atoms with Crippen LogP contribution in [-0.4, -0.2) is 43.3 Å². The summed E-state index contributed by atoms with van der Waals surface area (Å²) in [6.45, 7) is 0.807. The van der Waals surface area contributed by atoms with E-state index in [-0.39, 0.29) is 0 Å². The van der Waals surface area contributed by atoms with Crippen molar-refractivity contribution in [1.82, 2.24) is 5.32 Å². The topological polar surface area (TPSA) is 127 Å². The molecule has 0 saturated heterocycles. The zero-order valence-corrected chi connectivity index (χ0v) is 17.0. The molecule has 0 aliphatic rings. The normalized spacial score (nSPS) is 11.6. The molecule has 0 aliphatic heterocycles. The van der Waals surface area contributed by atoms with Crippen molar-refractivity contribution in [1.29, 1.82) is 0 Å². The van der Waals surface area contributed by atoms with E-state index in [1.165, 1.54) is 19.2 Å². The Morgan fingerprint density at radius 3 is 2.48 bits per heavy atom.